The molecule has 0 spiro atoms. The SMILES string of the molecule is CC(=O)N1CCCN(C)CCN(C(=O)c2ccc(Cn3cc(C)cn3)o2)Cc2ccccc21. The van der Waals surface area contributed by atoms with Crippen molar-refractivity contribution < 1.29 is 14.0 Å². The molecule has 0 radical (unpaired) electrons. The van der Waals surface area contributed by atoms with Crippen molar-refractivity contribution in [2.24, 2.45) is 0 Å². The van der Waals surface area contributed by atoms with E-state index in [0.29, 0.717) is 37.7 Å². The molecule has 1 aliphatic rings. The summed E-state index contributed by atoms with van der Waals surface area (Å²) in [6.45, 7) is 7.26. The summed E-state index contributed by atoms with van der Waals surface area (Å²) in [5.74, 6) is 0.841. The lowest BCUT2D eigenvalue weighted by molar-refractivity contribution is -0.116. The first-order valence-corrected chi connectivity index (χ1v) is 11.3. The normalized spacial score (nSPS) is 15.7. The molecule has 1 aliphatic heterocycles. The van der Waals surface area contributed by atoms with Crippen molar-refractivity contribution in [3.05, 3.63) is 71.4 Å². The van der Waals surface area contributed by atoms with Gasteiger partial charge in [0.1, 0.15) is 5.76 Å². The van der Waals surface area contributed by atoms with Crippen LogP contribution in [0.3, 0.4) is 0 Å². The Morgan fingerprint density at radius 3 is 2.64 bits per heavy atom. The third-order valence-electron chi connectivity index (χ3n) is 5.94. The van der Waals surface area contributed by atoms with Crippen LogP contribution in [0.5, 0.6) is 0 Å². The molecule has 3 aromatic rings. The number of carbonyl (C=O) groups is 2. The zero-order chi connectivity index (χ0) is 23.4. The second-order valence-corrected chi connectivity index (χ2v) is 8.66. The van der Waals surface area contributed by atoms with Crippen LogP contribution in [0.25, 0.3) is 0 Å². The highest BCUT2D eigenvalue weighted by Crippen LogP contribution is 2.24. The van der Waals surface area contributed by atoms with Crippen molar-refractivity contribution in [3.63, 3.8) is 0 Å². The molecule has 0 saturated carbocycles. The molecule has 0 N–H and O–H groups in total. The second-order valence-electron chi connectivity index (χ2n) is 8.66. The van der Waals surface area contributed by atoms with E-state index in [4.69, 9.17) is 4.42 Å². The fourth-order valence-corrected chi connectivity index (χ4v) is 4.16. The van der Waals surface area contributed by atoms with Crippen molar-refractivity contribution in [2.75, 3.05) is 38.1 Å². The fraction of sp³-hybridized carbons (Fsp3) is 0.400. The van der Waals surface area contributed by atoms with Gasteiger partial charge in [-0.25, -0.2) is 0 Å². The number of amides is 2. The smallest absolute Gasteiger partial charge is 0.289 e. The Bertz CT molecular complexity index is 1120. The van der Waals surface area contributed by atoms with Gasteiger partial charge in [-0.2, -0.15) is 5.10 Å². The molecule has 1 aromatic carbocycles. The molecule has 4 rings (SSSR count). The van der Waals surface area contributed by atoms with Gasteiger partial charge in [0.25, 0.3) is 5.91 Å². The molecule has 8 heteroatoms. The van der Waals surface area contributed by atoms with Crippen LogP contribution in [-0.2, 0) is 17.9 Å². The first-order chi connectivity index (χ1) is 15.9. The number of rotatable bonds is 3. The molecule has 33 heavy (non-hydrogen) atoms. The summed E-state index contributed by atoms with van der Waals surface area (Å²) in [6.07, 6.45) is 4.60. The molecule has 0 atom stereocenters. The van der Waals surface area contributed by atoms with Crippen LogP contribution in [0.2, 0.25) is 0 Å². The largest absolute Gasteiger partial charge is 0.454 e. The third kappa shape index (κ3) is 5.51. The Hall–Kier alpha value is -3.39. The fourth-order valence-electron chi connectivity index (χ4n) is 4.16. The van der Waals surface area contributed by atoms with E-state index in [-0.39, 0.29) is 11.8 Å². The highest BCUT2D eigenvalue weighted by molar-refractivity contribution is 5.93. The summed E-state index contributed by atoms with van der Waals surface area (Å²) in [5, 5.41) is 4.28. The second kappa shape index (κ2) is 10.0. The zero-order valence-corrected chi connectivity index (χ0v) is 19.5. The summed E-state index contributed by atoms with van der Waals surface area (Å²) in [5.41, 5.74) is 2.88. The van der Waals surface area contributed by atoms with E-state index in [1.807, 2.05) is 55.4 Å². The topological polar surface area (TPSA) is 74.8 Å². The van der Waals surface area contributed by atoms with E-state index in [9.17, 15) is 9.59 Å². The Kier molecular flexibility index (Phi) is 6.93. The van der Waals surface area contributed by atoms with Gasteiger partial charge in [-0.05, 0) is 56.3 Å². The van der Waals surface area contributed by atoms with Gasteiger partial charge in [0, 0.05) is 45.0 Å². The minimum atomic E-state index is -0.158. The number of nitrogens with zero attached hydrogens (tertiary/aromatic N) is 5. The molecule has 0 aliphatic carbocycles. The van der Waals surface area contributed by atoms with Gasteiger partial charge in [0.2, 0.25) is 5.91 Å². The van der Waals surface area contributed by atoms with E-state index in [2.05, 4.69) is 10.00 Å². The molecule has 0 unspecified atom stereocenters. The van der Waals surface area contributed by atoms with Crippen LogP contribution in [0.15, 0.2) is 53.2 Å². The quantitative estimate of drug-likeness (QED) is 0.614. The van der Waals surface area contributed by atoms with Crippen LogP contribution in [0.4, 0.5) is 5.69 Å². The zero-order valence-electron chi connectivity index (χ0n) is 19.5. The van der Waals surface area contributed by atoms with Crippen molar-refractivity contribution >= 4 is 17.5 Å². The third-order valence-corrected chi connectivity index (χ3v) is 5.94. The maximum absolute atomic E-state index is 13.5. The highest BCUT2D eigenvalue weighted by atomic mass is 16.4. The number of hydrogen-bond acceptors (Lipinski definition) is 5. The summed E-state index contributed by atoms with van der Waals surface area (Å²) in [6, 6.07) is 11.4. The van der Waals surface area contributed by atoms with E-state index in [1.165, 1.54) is 0 Å². The van der Waals surface area contributed by atoms with Gasteiger partial charge in [-0.15, -0.1) is 0 Å². The standard InChI is InChI=1S/C25H31N5O3/c1-19-15-26-29(16-19)18-22-9-10-24(33-22)25(32)28-14-13-27(3)11-6-12-30(20(2)31)23-8-5-4-7-21(23)17-28/h4-5,7-10,15-16H,6,11-14,17-18H2,1-3H3. The van der Waals surface area contributed by atoms with Gasteiger partial charge in [0.05, 0.1) is 12.7 Å². The lowest BCUT2D eigenvalue weighted by Gasteiger charge is -2.26. The lowest BCUT2D eigenvalue weighted by Crippen LogP contribution is -2.37. The van der Waals surface area contributed by atoms with Gasteiger partial charge in [-0.1, -0.05) is 18.2 Å². The molecule has 174 valence electrons. The molecule has 0 fully saturated rings. The van der Waals surface area contributed by atoms with Crippen LogP contribution in [0, 0.1) is 6.92 Å². The maximum atomic E-state index is 13.5. The maximum Gasteiger partial charge on any atom is 0.289 e. The summed E-state index contributed by atoms with van der Waals surface area (Å²) >= 11 is 0. The number of anilines is 1. The summed E-state index contributed by atoms with van der Waals surface area (Å²) in [4.78, 5) is 31.7. The lowest BCUT2D eigenvalue weighted by atomic mass is 10.1. The average molecular weight is 450 g/mol. The molecule has 0 saturated heterocycles. The van der Waals surface area contributed by atoms with Gasteiger partial charge >= 0.3 is 0 Å². The predicted octanol–water partition coefficient (Wildman–Crippen LogP) is 3.16. The number of fused-ring (bicyclic) bond motifs is 1. The number of likely N-dealkylation sites (N-methyl/N-ethyl adjacent to an activating group) is 1. The van der Waals surface area contributed by atoms with Crippen molar-refractivity contribution in [1.29, 1.82) is 0 Å². The monoisotopic (exact) mass is 449 g/mol. The van der Waals surface area contributed by atoms with Crippen molar-refractivity contribution in [2.45, 2.75) is 33.4 Å². The number of aryl methyl sites for hydroxylation is 1. The van der Waals surface area contributed by atoms with E-state index >= 15 is 0 Å². The number of aromatic nitrogens is 2. The predicted molar refractivity (Wildman–Crippen MR) is 126 cm³/mol. The Morgan fingerprint density at radius 2 is 1.88 bits per heavy atom. The van der Waals surface area contributed by atoms with E-state index in [1.54, 1.807) is 28.8 Å². The van der Waals surface area contributed by atoms with E-state index < -0.39 is 0 Å². The molecule has 2 aromatic heterocycles. The van der Waals surface area contributed by atoms with Gasteiger partial charge < -0.3 is 19.1 Å². The van der Waals surface area contributed by atoms with Crippen molar-refractivity contribution in [3.8, 4) is 0 Å². The summed E-state index contributed by atoms with van der Waals surface area (Å²) < 4.78 is 7.70. The van der Waals surface area contributed by atoms with Crippen LogP contribution in [-0.4, -0.2) is 64.6 Å². The molecule has 2 amide bonds. The molecule has 0 bridgehead atoms. The number of hydrogen-bond donors (Lipinski definition) is 0. The van der Waals surface area contributed by atoms with Gasteiger partial charge in [0.15, 0.2) is 5.76 Å². The summed E-state index contributed by atoms with van der Waals surface area (Å²) in [7, 11) is 2.04. The van der Waals surface area contributed by atoms with Crippen molar-refractivity contribution in [1.82, 2.24) is 19.6 Å². The molecular weight excluding hydrogens is 418 g/mol. The van der Waals surface area contributed by atoms with E-state index in [0.717, 1.165) is 36.3 Å². The van der Waals surface area contributed by atoms with Crippen LogP contribution >= 0.6 is 0 Å². The first kappa shape index (κ1) is 22.8. The number of carbonyl (C=O) groups excluding carboxylic acids is 2. The number of para-hydroxylation sites is 1. The number of benzene rings is 1. The highest BCUT2D eigenvalue weighted by Gasteiger charge is 2.24. The molecule has 8 nitrogen and oxygen atoms in total. The first-order valence-electron chi connectivity index (χ1n) is 11.3. The van der Waals surface area contributed by atoms with Crippen LogP contribution in [0.1, 0.15) is 40.8 Å². The minimum Gasteiger partial charge on any atom is -0.454 e. The van der Waals surface area contributed by atoms with Gasteiger partial charge in [-0.3, -0.25) is 14.3 Å². The minimum absolute atomic E-state index is 0.00626. The molecular formula is C25H31N5O3. The Morgan fingerprint density at radius 1 is 1.06 bits per heavy atom. The Labute approximate surface area is 194 Å². The van der Waals surface area contributed by atoms with Crippen LogP contribution < -0.4 is 4.90 Å². The Balaban J connectivity index is 1.59. The molecule has 3 heterocycles. The number of furan rings is 1. The average Bonchev–Trinajstić information content (AvgIpc) is 3.42.